The van der Waals surface area contributed by atoms with E-state index in [1.54, 1.807) is 6.20 Å². The van der Waals surface area contributed by atoms with Crippen molar-refractivity contribution in [2.45, 2.75) is 38.3 Å². The zero-order valence-corrected chi connectivity index (χ0v) is 14.8. The van der Waals surface area contributed by atoms with Gasteiger partial charge in [0.05, 0.1) is 24.5 Å². The summed E-state index contributed by atoms with van der Waals surface area (Å²) in [6.45, 7) is 1.78. The van der Waals surface area contributed by atoms with Crippen molar-refractivity contribution in [3.05, 3.63) is 59.7 Å². The molecule has 0 unspecified atom stereocenters. The Hall–Kier alpha value is -2.47. The third-order valence-electron chi connectivity index (χ3n) is 5.02. The van der Waals surface area contributed by atoms with E-state index >= 15 is 0 Å². The van der Waals surface area contributed by atoms with Crippen LogP contribution in [0.5, 0.6) is 0 Å². The highest BCUT2D eigenvalue weighted by Gasteiger charge is 2.26. The summed E-state index contributed by atoms with van der Waals surface area (Å²) in [6.07, 6.45) is 11.5. The van der Waals surface area contributed by atoms with Gasteiger partial charge in [-0.15, -0.1) is 0 Å². The summed E-state index contributed by atoms with van der Waals surface area (Å²) >= 11 is 0. The minimum absolute atomic E-state index is 0.0878. The first-order valence-corrected chi connectivity index (χ1v) is 9.30. The van der Waals surface area contributed by atoms with E-state index in [-0.39, 0.29) is 17.9 Å². The molecular formula is C20H24N4O2. The standard InChI is InChI=1S/C20H24N4O2/c25-20(15-6-2-1-3-7-15)22-12-18-19-16(9-11-26-18)13-24(23-19)14-17-8-4-5-10-21-17/h1-2,4-5,8,10,13,15,18H,3,6-7,9,11-12,14H2,(H,22,25)/t15-,18-/m0/s1. The van der Waals surface area contributed by atoms with Crippen LogP contribution in [0.15, 0.2) is 42.7 Å². The van der Waals surface area contributed by atoms with Crippen LogP contribution in [-0.2, 0) is 22.5 Å². The summed E-state index contributed by atoms with van der Waals surface area (Å²) in [7, 11) is 0. The van der Waals surface area contributed by atoms with Gasteiger partial charge in [-0.2, -0.15) is 5.10 Å². The van der Waals surface area contributed by atoms with Crippen LogP contribution in [0.1, 0.15) is 42.3 Å². The summed E-state index contributed by atoms with van der Waals surface area (Å²) in [5.41, 5.74) is 3.12. The van der Waals surface area contributed by atoms with Crippen LogP contribution in [0.25, 0.3) is 0 Å². The molecule has 6 heteroatoms. The fraction of sp³-hybridized carbons (Fsp3) is 0.450. The first kappa shape index (κ1) is 17.0. The molecular weight excluding hydrogens is 328 g/mol. The quantitative estimate of drug-likeness (QED) is 0.839. The highest BCUT2D eigenvalue weighted by molar-refractivity contribution is 5.79. The maximum absolute atomic E-state index is 12.4. The van der Waals surface area contributed by atoms with Crippen molar-refractivity contribution in [3.63, 3.8) is 0 Å². The van der Waals surface area contributed by atoms with E-state index in [0.717, 1.165) is 37.1 Å². The maximum Gasteiger partial charge on any atom is 0.223 e. The highest BCUT2D eigenvalue weighted by atomic mass is 16.5. The van der Waals surface area contributed by atoms with Crippen molar-refractivity contribution in [3.8, 4) is 0 Å². The lowest BCUT2D eigenvalue weighted by Gasteiger charge is -2.24. The Morgan fingerprint density at radius 2 is 2.31 bits per heavy atom. The number of nitrogens with one attached hydrogen (secondary N) is 1. The Morgan fingerprint density at radius 3 is 3.12 bits per heavy atom. The molecule has 0 radical (unpaired) electrons. The Balaban J connectivity index is 1.40. The van der Waals surface area contributed by atoms with Crippen LogP contribution < -0.4 is 5.32 Å². The molecule has 2 atom stereocenters. The number of amides is 1. The lowest BCUT2D eigenvalue weighted by molar-refractivity contribution is -0.126. The average Bonchev–Trinajstić information content (AvgIpc) is 3.10. The van der Waals surface area contributed by atoms with E-state index in [4.69, 9.17) is 9.84 Å². The number of ether oxygens (including phenoxy) is 1. The zero-order valence-electron chi connectivity index (χ0n) is 14.8. The second-order valence-electron chi connectivity index (χ2n) is 6.89. The molecule has 0 spiro atoms. The molecule has 4 rings (SSSR count). The van der Waals surface area contributed by atoms with Crippen LogP contribution in [-0.4, -0.2) is 33.8 Å². The fourth-order valence-corrected chi connectivity index (χ4v) is 3.59. The first-order valence-electron chi connectivity index (χ1n) is 9.30. The number of rotatable bonds is 5. The summed E-state index contributed by atoms with van der Waals surface area (Å²) in [5, 5.41) is 7.77. The number of allylic oxidation sites excluding steroid dienone is 2. The Labute approximate surface area is 153 Å². The van der Waals surface area contributed by atoms with Crippen LogP contribution in [0.3, 0.4) is 0 Å². The van der Waals surface area contributed by atoms with Crippen LogP contribution in [0, 0.1) is 5.92 Å². The molecule has 1 aliphatic carbocycles. The van der Waals surface area contributed by atoms with Gasteiger partial charge in [-0.05, 0) is 43.4 Å². The molecule has 0 fully saturated rings. The van der Waals surface area contributed by atoms with E-state index in [9.17, 15) is 4.79 Å². The largest absolute Gasteiger partial charge is 0.370 e. The highest BCUT2D eigenvalue weighted by Crippen LogP contribution is 2.26. The molecule has 1 amide bonds. The van der Waals surface area contributed by atoms with Gasteiger partial charge < -0.3 is 10.1 Å². The van der Waals surface area contributed by atoms with Gasteiger partial charge in [0.15, 0.2) is 0 Å². The van der Waals surface area contributed by atoms with Crippen molar-refractivity contribution in [1.82, 2.24) is 20.1 Å². The molecule has 3 heterocycles. The molecule has 0 aromatic carbocycles. The minimum atomic E-state index is -0.174. The van der Waals surface area contributed by atoms with Crippen molar-refractivity contribution >= 4 is 5.91 Å². The number of aromatic nitrogens is 3. The predicted octanol–water partition coefficient (Wildman–Crippen LogP) is 2.41. The lowest BCUT2D eigenvalue weighted by Crippen LogP contribution is -2.36. The first-order chi connectivity index (χ1) is 12.8. The molecule has 26 heavy (non-hydrogen) atoms. The van der Waals surface area contributed by atoms with Gasteiger partial charge in [-0.1, -0.05) is 18.2 Å². The Bertz CT molecular complexity index is 784. The third-order valence-corrected chi connectivity index (χ3v) is 5.02. The second-order valence-corrected chi connectivity index (χ2v) is 6.89. The Morgan fingerprint density at radius 1 is 1.35 bits per heavy atom. The van der Waals surface area contributed by atoms with Gasteiger partial charge >= 0.3 is 0 Å². The molecule has 0 saturated carbocycles. The lowest BCUT2D eigenvalue weighted by atomic mass is 9.93. The van der Waals surface area contributed by atoms with Gasteiger partial charge in [0, 0.05) is 24.9 Å². The van der Waals surface area contributed by atoms with Gasteiger partial charge in [-0.3, -0.25) is 14.5 Å². The van der Waals surface area contributed by atoms with Gasteiger partial charge in [0.25, 0.3) is 0 Å². The van der Waals surface area contributed by atoms with Crippen molar-refractivity contribution in [2.24, 2.45) is 5.92 Å². The third kappa shape index (κ3) is 3.85. The van der Waals surface area contributed by atoms with E-state index in [0.29, 0.717) is 19.7 Å². The molecule has 136 valence electrons. The van der Waals surface area contributed by atoms with E-state index in [1.165, 1.54) is 5.56 Å². The molecule has 1 N–H and O–H groups in total. The number of pyridine rings is 1. The maximum atomic E-state index is 12.4. The second kappa shape index (κ2) is 7.83. The number of hydrogen-bond acceptors (Lipinski definition) is 4. The Kier molecular flexibility index (Phi) is 5.11. The summed E-state index contributed by atoms with van der Waals surface area (Å²) < 4.78 is 7.80. The molecule has 0 bridgehead atoms. The van der Waals surface area contributed by atoms with E-state index in [2.05, 4.69) is 28.6 Å². The summed E-state index contributed by atoms with van der Waals surface area (Å²) in [5.74, 6) is 0.211. The monoisotopic (exact) mass is 352 g/mol. The van der Waals surface area contributed by atoms with Crippen molar-refractivity contribution < 1.29 is 9.53 Å². The minimum Gasteiger partial charge on any atom is -0.370 e. The zero-order chi connectivity index (χ0) is 17.8. The van der Waals surface area contributed by atoms with Crippen molar-refractivity contribution in [1.29, 1.82) is 0 Å². The number of nitrogens with zero attached hydrogens (tertiary/aromatic N) is 3. The van der Waals surface area contributed by atoms with Crippen LogP contribution in [0.4, 0.5) is 0 Å². The van der Waals surface area contributed by atoms with Gasteiger partial charge in [0.2, 0.25) is 5.91 Å². The van der Waals surface area contributed by atoms with Gasteiger partial charge in [0.1, 0.15) is 6.10 Å². The molecule has 0 saturated heterocycles. The summed E-state index contributed by atoms with van der Waals surface area (Å²) in [4.78, 5) is 16.7. The molecule has 2 aromatic heterocycles. The molecule has 2 aliphatic rings. The van der Waals surface area contributed by atoms with Crippen molar-refractivity contribution in [2.75, 3.05) is 13.2 Å². The SMILES string of the molecule is O=C(NC[C@@H]1OCCc2cn(Cc3ccccn3)nc21)[C@H]1CC=CCC1. The smallest absolute Gasteiger partial charge is 0.223 e. The fourth-order valence-electron chi connectivity index (χ4n) is 3.59. The van der Waals surface area contributed by atoms with Crippen LogP contribution in [0.2, 0.25) is 0 Å². The topological polar surface area (TPSA) is 69.0 Å². The molecule has 6 nitrogen and oxygen atoms in total. The number of hydrogen-bond donors (Lipinski definition) is 1. The number of carbonyl (C=O) groups is 1. The normalized spacial score (nSPS) is 22.0. The number of fused-ring (bicyclic) bond motifs is 1. The van der Waals surface area contributed by atoms with E-state index < -0.39 is 0 Å². The predicted molar refractivity (Wildman–Crippen MR) is 97.5 cm³/mol. The average molecular weight is 352 g/mol. The number of carbonyl (C=O) groups excluding carboxylic acids is 1. The summed E-state index contributed by atoms with van der Waals surface area (Å²) in [6, 6.07) is 5.88. The van der Waals surface area contributed by atoms with E-state index in [1.807, 2.05) is 22.9 Å². The van der Waals surface area contributed by atoms with Crippen LogP contribution >= 0.6 is 0 Å². The van der Waals surface area contributed by atoms with Gasteiger partial charge in [-0.25, -0.2) is 0 Å². The molecule has 1 aliphatic heterocycles. The molecule has 2 aromatic rings.